The van der Waals surface area contributed by atoms with Gasteiger partial charge in [0.15, 0.2) is 9.84 Å². The summed E-state index contributed by atoms with van der Waals surface area (Å²) in [6.45, 7) is 0. The molecule has 41 heavy (non-hydrogen) atoms. The van der Waals surface area contributed by atoms with Crippen LogP contribution in [0.1, 0.15) is 54.7 Å². The minimum Gasteiger partial charge on any atom is -0.469 e. The number of hydrogen-bond donors (Lipinski definition) is 0. The van der Waals surface area contributed by atoms with Crippen molar-refractivity contribution in [1.82, 2.24) is 0 Å². The summed E-state index contributed by atoms with van der Waals surface area (Å²) in [6, 6.07) is 30.3. The van der Waals surface area contributed by atoms with Gasteiger partial charge in [-0.05, 0) is 82.6 Å². The zero-order valence-electron chi connectivity index (χ0n) is 21.5. The number of halogens is 2. The summed E-state index contributed by atoms with van der Waals surface area (Å²) in [5.74, 6) is 0.0813. The molecule has 4 aromatic heterocycles. The zero-order valence-corrected chi connectivity index (χ0v) is 27.1. The average Bonchev–Trinajstić information content (AvgIpc) is 3.80. The van der Waals surface area contributed by atoms with Gasteiger partial charge in [-0.25, -0.2) is 8.42 Å². The predicted octanol–water partition coefficient (Wildman–Crippen LogP) is 10.4. The summed E-state index contributed by atoms with van der Waals surface area (Å²) < 4.78 is 44.8. The third-order valence-corrected chi connectivity index (χ3v) is 12.6. The Labute approximate surface area is 263 Å². The topological polar surface area (TPSA) is 60.4 Å². The molecule has 0 aliphatic carbocycles. The molecule has 9 heteroatoms. The molecule has 4 nitrogen and oxygen atoms in total. The van der Waals surface area contributed by atoms with Gasteiger partial charge >= 0.3 is 0 Å². The molecule has 4 atom stereocenters. The molecule has 0 bridgehead atoms. The van der Waals surface area contributed by atoms with Gasteiger partial charge in [0.1, 0.15) is 22.0 Å². The fraction of sp³-hybridized carbons (Fsp3) is 0.125. The van der Waals surface area contributed by atoms with Crippen LogP contribution in [-0.4, -0.2) is 8.42 Å². The van der Waals surface area contributed by atoms with Crippen molar-refractivity contribution >= 4 is 64.4 Å². The van der Waals surface area contributed by atoms with Crippen LogP contribution in [0.2, 0.25) is 0 Å². The van der Waals surface area contributed by atoms with Crippen LogP contribution in [0.5, 0.6) is 0 Å². The highest BCUT2D eigenvalue weighted by atomic mass is 79.9. The number of benzene rings is 2. The first-order valence-electron chi connectivity index (χ1n) is 12.8. The van der Waals surface area contributed by atoms with Crippen molar-refractivity contribution in [2.45, 2.75) is 22.3 Å². The highest BCUT2D eigenvalue weighted by Gasteiger charge is 2.48. The Morgan fingerprint density at radius 2 is 0.976 bits per heavy atom. The van der Waals surface area contributed by atoms with Crippen LogP contribution in [-0.2, 0) is 9.84 Å². The summed E-state index contributed by atoms with van der Waals surface area (Å²) in [6.07, 6.45) is 3.20. The molecule has 0 aliphatic heterocycles. The van der Waals surface area contributed by atoms with E-state index in [1.54, 1.807) is 12.5 Å². The van der Waals surface area contributed by atoms with E-state index >= 15 is 8.42 Å². The van der Waals surface area contributed by atoms with Gasteiger partial charge in [0, 0.05) is 18.7 Å². The van der Waals surface area contributed by atoms with Crippen molar-refractivity contribution in [3.05, 3.63) is 162 Å². The van der Waals surface area contributed by atoms with E-state index in [4.69, 9.17) is 8.83 Å². The standard InChI is InChI=1S/C32H24Br2O4S3/c33-23-13-9-21(10-14-23)31(29(25-5-1-17-37-25)27-7-3-19-39-27)41(35,36)32(22-11-15-24(34)16-12-22)30(26-6-2-18-38-26)28-8-4-20-40-28/h1-20,29-32H. The Kier molecular flexibility index (Phi) is 8.51. The Bertz CT molecular complexity index is 1560. The number of rotatable bonds is 10. The van der Waals surface area contributed by atoms with E-state index in [0.29, 0.717) is 22.6 Å². The lowest BCUT2D eigenvalue weighted by atomic mass is 9.94. The Morgan fingerprint density at radius 1 is 0.561 bits per heavy atom. The van der Waals surface area contributed by atoms with Crippen LogP contribution in [0.25, 0.3) is 0 Å². The third-order valence-electron chi connectivity index (χ3n) is 7.11. The maximum atomic E-state index is 15.6. The fourth-order valence-corrected chi connectivity index (χ4v) is 10.5. The molecule has 0 spiro atoms. The first-order chi connectivity index (χ1) is 19.9. The van der Waals surface area contributed by atoms with Gasteiger partial charge in [-0.3, -0.25) is 0 Å². The maximum absolute atomic E-state index is 15.6. The Morgan fingerprint density at radius 3 is 1.29 bits per heavy atom. The molecule has 0 N–H and O–H groups in total. The molecule has 0 radical (unpaired) electrons. The Balaban J connectivity index is 1.63. The number of sulfone groups is 1. The second-order valence-electron chi connectivity index (χ2n) is 9.55. The fourth-order valence-electron chi connectivity index (χ4n) is 5.36. The van der Waals surface area contributed by atoms with Gasteiger partial charge < -0.3 is 8.83 Å². The summed E-state index contributed by atoms with van der Waals surface area (Å²) in [7, 11) is -4.03. The third kappa shape index (κ3) is 5.83. The van der Waals surface area contributed by atoms with Crippen LogP contribution in [0.3, 0.4) is 0 Å². The molecule has 4 unspecified atom stereocenters. The minimum absolute atomic E-state index is 0.560. The molecule has 0 fully saturated rings. The normalized spacial score (nSPS) is 14.9. The van der Waals surface area contributed by atoms with E-state index in [1.165, 1.54) is 22.7 Å². The molecule has 2 aromatic carbocycles. The lowest BCUT2D eigenvalue weighted by Gasteiger charge is -2.33. The van der Waals surface area contributed by atoms with Gasteiger partial charge in [-0.2, -0.15) is 0 Å². The number of thiophene rings is 2. The van der Waals surface area contributed by atoms with Gasteiger partial charge in [0.05, 0.1) is 24.4 Å². The van der Waals surface area contributed by atoms with Gasteiger partial charge in [0.25, 0.3) is 0 Å². The molecule has 0 aliphatic rings. The molecule has 4 heterocycles. The van der Waals surface area contributed by atoms with E-state index in [2.05, 4.69) is 31.9 Å². The van der Waals surface area contributed by atoms with Crippen LogP contribution < -0.4 is 0 Å². The van der Waals surface area contributed by atoms with Gasteiger partial charge in [0.2, 0.25) is 0 Å². The van der Waals surface area contributed by atoms with E-state index < -0.39 is 32.2 Å². The highest BCUT2D eigenvalue weighted by molar-refractivity contribution is 9.10. The van der Waals surface area contributed by atoms with Crippen molar-refractivity contribution in [3.8, 4) is 0 Å². The summed E-state index contributed by atoms with van der Waals surface area (Å²) in [5, 5.41) is 2.04. The molecule has 0 amide bonds. The molecule has 6 rings (SSSR count). The van der Waals surface area contributed by atoms with Crippen molar-refractivity contribution in [2.75, 3.05) is 0 Å². The van der Waals surface area contributed by atoms with E-state index in [0.717, 1.165) is 18.7 Å². The maximum Gasteiger partial charge on any atom is 0.166 e. The van der Waals surface area contributed by atoms with E-state index in [1.807, 2.05) is 108 Å². The molecule has 208 valence electrons. The quantitative estimate of drug-likeness (QED) is 0.141. The predicted molar refractivity (Wildman–Crippen MR) is 172 cm³/mol. The van der Waals surface area contributed by atoms with E-state index in [-0.39, 0.29) is 0 Å². The van der Waals surface area contributed by atoms with Gasteiger partial charge in [-0.1, -0.05) is 68.3 Å². The van der Waals surface area contributed by atoms with Crippen molar-refractivity contribution in [3.63, 3.8) is 0 Å². The minimum atomic E-state index is -4.03. The monoisotopic (exact) mass is 726 g/mol. The highest BCUT2D eigenvalue weighted by Crippen LogP contribution is 2.53. The molecule has 6 aromatic rings. The largest absolute Gasteiger partial charge is 0.469 e. The van der Waals surface area contributed by atoms with Crippen molar-refractivity contribution < 1.29 is 17.3 Å². The summed E-state index contributed by atoms with van der Waals surface area (Å²) in [5.41, 5.74) is 1.38. The first-order valence-corrected chi connectivity index (χ1v) is 17.8. The lowest BCUT2D eigenvalue weighted by Crippen LogP contribution is -2.30. The lowest BCUT2D eigenvalue weighted by molar-refractivity contribution is 0.459. The first kappa shape index (κ1) is 28.4. The van der Waals surface area contributed by atoms with Crippen LogP contribution in [0, 0.1) is 0 Å². The van der Waals surface area contributed by atoms with Crippen LogP contribution >= 0.6 is 54.5 Å². The second-order valence-corrected chi connectivity index (χ2v) is 15.5. The Hall–Kier alpha value is -2.69. The zero-order chi connectivity index (χ0) is 28.4. The second kappa shape index (κ2) is 12.3. The smallest absolute Gasteiger partial charge is 0.166 e. The van der Waals surface area contributed by atoms with E-state index in [9.17, 15) is 0 Å². The van der Waals surface area contributed by atoms with Crippen molar-refractivity contribution in [1.29, 1.82) is 0 Å². The number of hydrogen-bond acceptors (Lipinski definition) is 6. The molecular formula is C32H24Br2O4S3. The van der Waals surface area contributed by atoms with Crippen LogP contribution in [0.15, 0.2) is 138 Å². The van der Waals surface area contributed by atoms with Gasteiger partial charge in [-0.15, -0.1) is 22.7 Å². The van der Waals surface area contributed by atoms with Crippen molar-refractivity contribution in [2.24, 2.45) is 0 Å². The van der Waals surface area contributed by atoms with Crippen LogP contribution in [0.4, 0.5) is 0 Å². The molecule has 0 saturated carbocycles. The molecular weight excluding hydrogens is 704 g/mol. The summed E-state index contributed by atoms with van der Waals surface area (Å²) >= 11 is 10.1. The average molecular weight is 729 g/mol. The molecule has 0 saturated heterocycles. The summed E-state index contributed by atoms with van der Waals surface area (Å²) in [4.78, 5) is 1.83. The SMILES string of the molecule is O=S(=O)(C(c1ccc(Br)cc1)C(c1ccco1)c1cccs1)C(c1ccc(Br)cc1)C(c1ccco1)c1cccs1. The number of furan rings is 2.